The number of hydrogen-bond donors (Lipinski definition) is 1. The van der Waals surface area contributed by atoms with E-state index in [0.717, 1.165) is 28.8 Å². The van der Waals surface area contributed by atoms with E-state index in [1.807, 2.05) is 0 Å². The molecule has 1 N–H and O–H groups in total. The quantitative estimate of drug-likeness (QED) is 0.480. The molecule has 0 radical (unpaired) electrons. The van der Waals surface area contributed by atoms with Crippen molar-refractivity contribution >= 4 is 38.9 Å². The minimum atomic E-state index is 0.911. The fourth-order valence-electron chi connectivity index (χ4n) is 3.17. The van der Waals surface area contributed by atoms with Gasteiger partial charge in [-0.05, 0) is 18.2 Å². The number of fused-ring (bicyclic) bond motifs is 7. The van der Waals surface area contributed by atoms with E-state index in [1.165, 1.54) is 21.7 Å². The molecule has 0 spiro atoms. The van der Waals surface area contributed by atoms with Gasteiger partial charge in [0.2, 0.25) is 0 Å². The smallest absolute Gasteiger partial charge is 0.144 e. The number of hydrogen-bond acceptors (Lipinski definition) is 1. The van der Waals surface area contributed by atoms with E-state index in [-0.39, 0.29) is 0 Å². The van der Waals surface area contributed by atoms with Crippen molar-refractivity contribution in [1.82, 2.24) is 4.98 Å². The number of nitrogens with one attached hydrogen (secondary N) is 1. The molecule has 90 valence electrons. The maximum atomic E-state index is 6.11. The van der Waals surface area contributed by atoms with E-state index in [9.17, 15) is 0 Å². The van der Waals surface area contributed by atoms with Crippen molar-refractivity contribution in [1.29, 1.82) is 0 Å². The SMILES string of the molecule is C1=Cc2c(oc3c2ccc2[nH]c4ccccc4c23)C1. The van der Waals surface area contributed by atoms with Gasteiger partial charge in [-0.15, -0.1) is 0 Å². The largest absolute Gasteiger partial charge is 0.459 e. The van der Waals surface area contributed by atoms with Crippen LogP contribution in [0.5, 0.6) is 0 Å². The first kappa shape index (κ1) is 9.45. The van der Waals surface area contributed by atoms with Crippen LogP contribution in [0.1, 0.15) is 11.3 Å². The predicted molar refractivity (Wildman–Crippen MR) is 78.3 cm³/mol. The Morgan fingerprint density at radius 2 is 1.89 bits per heavy atom. The molecule has 1 aliphatic carbocycles. The highest BCUT2D eigenvalue weighted by atomic mass is 16.3. The predicted octanol–water partition coefficient (Wildman–Crippen LogP) is 4.64. The molecule has 2 heterocycles. The van der Waals surface area contributed by atoms with Gasteiger partial charge in [0.05, 0.1) is 10.9 Å². The molecular formula is C17H11NO. The highest BCUT2D eigenvalue weighted by Crippen LogP contribution is 2.38. The summed E-state index contributed by atoms with van der Waals surface area (Å²) < 4.78 is 6.11. The van der Waals surface area contributed by atoms with Gasteiger partial charge in [-0.1, -0.05) is 30.4 Å². The van der Waals surface area contributed by atoms with E-state index in [4.69, 9.17) is 4.42 Å². The number of para-hydroxylation sites is 1. The van der Waals surface area contributed by atoms with Crippen LogP contribution in [-0.4, -0.2) is 4.98 Å². The molecule has 0 unspecified atom stereocenters. The number of furan rings is 1. The summed E-state index contributed by atoms with van der Waals surface area (Å²) in [6.07, 6.45) is 5.24. The third-order valence-corrected chi connectivity index (χ3v) is 4.03. The summed E-state index contributed by atoms with van der Waals surface area (Å²) in [7, 11) is 0. The van der Waals surface area contributed by atoms with Crippen LogP contribution in [0.25, 0.3) is 38.9 Å². The fourth-order valence-corrected chi connectivity index (χ4v) is 3.17. The van der Waals surface area contributed by atoms with Crippen LogP contribution in [0, 0.1) is 0 Å². The Morgan fingerprint density at radius 3 is 2.89 bits per heavy atom. The second kappa shape index (κ2) is 3.09. The van der Waals surface area contributed by atoms with Gasteiger partial charge in [0.15, 0.2) is 0 Å². The van der Waals surface area contributed by atoms with E-state index in [2.05, 4.69) is 53.5 Å². The molecular weight excluding hydrogens is 234 g/mol. The molecule has 2 nitrogen and oxygen atoms in total. The highest BCUT2D eigenvalue weighted by molar-refractivity contribution is 6.19. The van der Waals surface area contributed by atoms with Crippen molar-refractivity contribution in [3.05, 3.63) is 53.8 Å². The Labute approximate surface area is 109 Å². The third kappa shape index (κ3) is 1.07. The van der Waals surface area contributed by atoms with Crippen LogP contribution in [0.4, 0.5) is 0 Å². The van der Waals surface area contributed by atoms with E-state index >= 15 is 0 Å². The Bertz CT molecular complexity index is 985. The first-order valence-corrected chi connectivity index (χ1v) is 6.53. The van der Waals surface area contributed by atoms with Crippen LogP contribution in [0.2, 0.25) is 0 Å². The van der Waals surface area contributed by atoms with Crippen LogP contribution < -0.4 is 0 Å². The third-order valence-electron chi connectivity index (χ3n) is 4.03. The summed E-state index contributed by atoms with van der Waals surface area (Å²) in [6.45, 7) is 0. The lowest BCUT2D eigenvalue weighted by Crippen LogP contribution is -1.71. The van der Waals surface area contributed by atoms with Crippen molar-refractivity contribution < 1.29 is 4.42 Å². The maximum Gasteiger partial charge on any atom is 0.144 e. The topological polar surface area (TPSA) is 28.9 Å². The molecule has 0 bridgehead atoms. The standard InChI is InChI=1S/C17H11NO/c1-2-6-13-12(4-1)16-14(18-13)9-8-11-10-5-3-7-15(10)19-17(11)16/h1-6,8-9,18H,7H2. The Hall–Kier alpha value is -2.48. The second-order valence-electron chi connectivity index (χ2n) is 5.08. The molecule has 2 heteroatoms. The molecule has 5 rings (SSSR count). The number of benzene rings is 2. The number of rotatable bonds is 0. The van der Waals surface area contributed by atoms with Gasteiger partial charge < -0.3 is 9.40 Å². The fraction of sp³-hybridized carbons (Fsp3) is 0.0588. The zero-order valence-electron chi connectivity index (χ0n) is 10.2. The van der Waals surface area contributed by atoms with E-state index < -0.39 is 0 Å². The van der Waals surface area contributed by atoms with Crippen molar-refractivity contribution in [3.63, 3.8) is 0 Å². The molecule has 2 aromatic carbocycles. The monoisotopic (exact) mass is 245 g/mol. The molecule has 2 aromatic heterocycles. The summed E-state index contributed by atoms with van der Waals surface area (Å²) in [6, 6.07) is 12.7. The van der Waals surface area contributed by atoms with Crippen LogP contribution in [0.3, 0.4) is 0 Å². The first-order valence-electron chi connectivity index (χ1n) is 6.53. The van der Waals surface area contributed by atoms with Gasteiger partial charge in [-0.3, -0.25) is 0 Å². The second-order valence-corrected chi connectivity index (χ2v) is 5.08. The van der Waals surface area contributed by atoms with Crippen molar-refractivity contribution in [2.24, 2.45) is 0 Å². The van der Waals surface area contributed by atoms with Gasteiger partial charge in [0.1, 0.15) is 11.3 Å². The van der Waals surface area contributed by atoms with Gasteiger partial charge in [0.25, 0.3) is 0 Å². The zero-order valence-corrected chi connectivity index (χ0v) is 10.2. The summed E-state index contributed by atoms with van der Waals surface area (Å²) in [5.74, 6) is 1.09. The molecule has 19 heavy (non-hydrogen) atoms. The lowest BCUT2D eigenvalue weighted by molar-refractivity contribution is 0.570. The summed E-state index contributed by atoms with van der Waals surface area (Å²) in [5, 5.41) is 3.66. The molecule has 0 saturated carbocycles. The molecule has 0 saturated heterocycles. The lowest BCUT2D eigenvalue weighted by Gasteiger charge is -1.94. The van der Waals surface area contributed by atoms with Gasteiger partial charge in [-0.2, -0.15) is 0 Å². The van der Waals surface area contributed by atoms with Crippen molar-refractivity contribution in [2.75, 3.05) is 0 Å². The molecule has 0 amide bonds. The molecule has 0 fully saturated rings. The Kier molecular flexibility index (Phi) is 1.54. The van der Waals surface area contributed by atoms with Crippen molar-refractivity contribution in [2.45, 2.75) is 6.42 Å². The minimum absolute atomic E-state index is 0.911. The van der Waals surface area contributed by atoms with Gasteiger partial charge in [0, 0.05) is 28.3 Å². The summed E-state index contributed by atoms with van der Waals surface area (Å²) >= 11 is 0. The number of allylic oxidation sites excluding steroid dienone is 1. The average molecular weight is 245 g/mol. The van der Waals surface area contributed by atoms with Crippen molar-refractivity contribution in [3.8, 4) is 0 Å². The van der Waals surface area contributed by atoms with E-state index in [1.54, 1.807) is 0 Å². The number of aromatic amines is 1. The number of H-pyrrole nitrogens is 1. The Morgan fingerprint density at radius 1 is 0.947 bits per heavy atom. The number of aromatic nitrogens is 1. The first-order chi connectivity index (χ1) is 9.42. The van der Waals surface area contributed by atoms with E-state index in [0.29, 0.717) is 0 Å². The lowest BCUT2D eigenvalue weighted by atomic mass is 10.1. The molecule has 0 aliphatic heterocycles. The normalized spacial score (nSPS) is 13.9. The minimum Gasteiger partial charge on any atom is -0.459 e. The van der Waals surface area contributed by atoms with Crippen LogP contribution in [-0.2, 0) is 6.42 Å². The maximum absolute atomic E-state index is 6.11. The van der Waals surface area contributed by atoms with Gasteiger partial charge >= 0.3 is 0 Å². The molecule has 0 atom stereocenters. The summed E-state index contributed by atoms with van der Waals surface area (Å²) in [5.41, 5.74) is 4.58. The average Bonchev–Trinajstić information content (AvgIpc) is 3.08. The summed E-state index contributed by atoms with van der Waals surface area (Å²) in [4.78, 5) is 3.46. The Balaban J connectivity index is 2.10. The molecule has 1 aliphatic rings. The van der Waals surface area contributed by atoms with Gasteiger partial charge in [-0.25, -0.2) is 0 Å². The van der Waals surface area contributed by atoms with Crippen LogP contribution >= 0.6 is 0 Å². The molecule has 4 aromatic rings. The zero-order chi connectivity index (χ0) is 12.4. The van der Waals surface area contributed by atoms with Crippen LogP contribution in [0.15, 0.2) is 46.9 Å². The highest BCUT2D eigenvalue weighted by Gasteiger charge is 2.18.